The van der Waals surface area contributed by atoms with Crippen LogP contribution in [0.25, 0.3) is 0 Å². The van der Waals surface area contributed by atoms with E-state index in [9.17, 15) is 49.9 Å². The maximum Gasteiger partial charge on any atom is 0.433 e. The fraction of sp³-hybridized carbons (Fsp3) is 0.350. The zero-order valence-corrected chi connectivity index (χ0v) is 16.7. The molecule has 0 amide bonds. The van der Waals surface area contributed by atoms with E-state index in [0.717, 1.165) is 19.2 Å². The lowest BCUT2D eigenvalue weighted by Crippen LogP contribution is -2.23. The van der Waals surface area contributed by atoms with E-state index in [0.29, 0.717) is 12.3 Å². The molecule has 182 valence electrons. The number of aliphatic hydroxyl groups excluding tert-OH is 1. The highest BCUT2D eigenvalue weighted by molar-refractivity contribution is 5.50. The van der Waals surface area contributed by atoms with Gasteiger partial charge in [0.2, 0.25) is 0 Å². The number of methoxy groups -OCH3 is 1. The molecule has 0 aliphatic carbocycles. The zero-order chi connectivity index (χ0) is 26.1. The van der Waals surface area contributed by atoms with Gasteiger partial charge in [0.25, 0.3) is 0 Å². The molecule has 0 fully saturated rings. The Morgan fingerprint density at radius 3 is 1.79 bits per heavy atom. The summed E-state index contributed by atoms with van der Waals surface area (Å²) in [4.78, 5) is 3.11. The summed E-state index contributed by atoms with van der Waals surface area (Å²) < 4.78 is 124. The average molecular weight is 497 g/mol. The van der Waals surface area contributed by atoms with E-state index in [-0.39, 0.29) is 17.7 Å². The number of rotatable bonds is 5. The van der Waals surface area contributed by atoms with Gasteiger partial charge in [-0.2, -0.15) is 50.0 Å². The molecule has 1 heterocycles. The second kappa shape index (κ2) is 9.48. The summed E-state index contributed by atoms with van der Waals surface area (Å²) in [6.45, 7) is 0. The highest BCUT2D eigenvalue weighted by Crippen LogP contribution is 2.43. The predicted octanol–water partition coefficient (Wildman–Crippen LogP) is 5.57. The Morgan fingerprint density at radius 2 is 1.41 bits per heavy atom. The third-order valence-electron chi connectivity index (χ3n) is 4.70. The van der Waals surface area contributed by atoms with E-state index >= 15 is 0 Å². The van der Waals surface area contributed by atoms with Gasteiger partial charge in [-0.15, -0.1) is 0 Å². The number of hydrogen-bond acceptors (Lipinski definition) is 5. The highest BCUT2D eigenvalue weighted by atomic mass is 19.4. The Kier molecular flexibility index (Phi) is 7.50. The van der Waals surface area contributed by atoms with Crippen LogP contribution in [-0.4, -0.2) is 17.2 Å². The number of alkyl halides is 9. The molecule has 34 heavy (non-hydrogen) atoms. The van der Waals surface area contributed by atoms with Crippen LogP contribution in [0.1, 0.15) is 45.7 Å². The molecule has 0 aliphatic rings. The summed E-state index contributed by atoms with van der Waals surface area (Å²) in [6, 6.07) is 3.87. The van der Waals surface area contributed by atoms with Gasteiger partial charge in [0.15, 0.2) is 0 Å². The van der Waals surface area contributed by atoms with Gasteiger partial charge >= 0.3 is 18.5 Å². The number of nitriles is 2. The Morgan fingerprint density at radius 1 is 0.882 bits per heavy atom. The van der Waals surface area contributed by atoms with Gasteiger partial charge in [0.1, 0.15) is 23.8 Å². The lowest BCUT2D eigenvalue weighted by Gasteiger charge is -2.27. The van der Waals surface area contributed by atoms with E-state index < -0.39 is 64.6 Å². The average Bonchev–Trinajstić information content (AvgIpc) is 2.74. The van der Waals surface area contributed by atoms with Crippen LogP contribution in [0.15, 0.2) is 30.5 Å². The van der Waals surface area contributed by atoms with Gasteiger partial charge in [-0.05, 0) is 35.4 Å². The fourth-order valence-corrected chi connectivity index (χ4v) is 3.18. The van der Waals surface area contributed by atoms with Gasteiger partial charge in [0.05, 0.1) is 28.9 Å². The largest absolute Gasteiger partial charge is 0.433 e. The molecule has 2 aromatic rings. The molecule has 0 aliphatic heterocycles. The summed E-state index contributed by atoms with van der Waals surface area (Å²) in [5, 5.41) is 28.9. The van der Waals surface area contributed by atoms with Gasteiger partial charge < -0.3 is 9.84 Å². The monoisotopic (exact) mass is 497 g/mol. The van der Waals surface area contributed by atoms with Crippen molar-refractivity contribution in [3.8, 4) is 12.1 Å². The molecule has 0 bridgehead atoms. The molecular weight excluding hydrogens is 485 g/mol. The minimum Gasteiger partial charge on any atom is -0.387 e. The minimum absolute atomic E-state index is 0.0726. The smallest absolute Gasteiger partial charge is 0.387 e. The molecule has 2 rings (SSSR count). The van der Waals surface area contributed by atoms with Crippen LogP contribution < -0.4 is 0 Å². The third kappa shape index (κ3) is 5.58. The maximum atomic E-state index is 13.4. The number of benzene rings is 1. The van der Waals surface area contributed by atoms with Crippen LogP contribution in [0.4, 0.5) is 39.5 Å². The van der Waals surface area contributed by atoms with Crippen molar-refractivity contribution < 1.29 is 49.4 Å². The van der Waals surface area contributed by atoms with Crippen molar-refractivity contribution in [2.75, 3.05) is 7.11 Å². The molecule has 14 heteroatoms. The number of pyridine rings is 1. The van der Waals surface area contributed by atoms with Crippen molar-refractivity contribution in [1.29, 1.82) is 10.5 Å². The van der Waals surface area contributed by atoms with Crippen LogP contribution in [-0.2, 0) is 23.3 Å². The second-order valence-corrected chi connectivity index (χ2v) is 6.83. The first-order valence-corrected chi connectivity index (χ1v) is 8.92. The lowest BCUT2D eigenvalue weighted by atomic mass is 9.85. The summed E-state index contributed by atoms with van der Waals surface area (Å²) in [5.41, 5.74) is -8.57. The van der Waals surface area contributed by atoms with Crippen molar-refractivity contribution in [2.45, 2.75) is 30.7 Å². The van der Waals surface area contributed by atoms with Crippen LogP contribution in [0.2, 0.25) is 0 Å². The molecule has 3 unspecified atom stereocenters. The first-order chi connectivity index (χ1) is 15.6. The predicted molar refractivity (Wildman–Crippen MR) is 94.2 cm³/mol. The summed E-state index contributed by atoms with van der Waals surface area (Å²) in [6.07, 6.45) is -19.2. The molecule has 0 spiro atoms. The maximum absolute atomic E-state index is 13.4. The number of aromatic nitrogens is 1. The van der Waals surface area contributed by atoms with E-state index in [1.165, 1.54) is 6.07 Å². The van der Waals surface area contributed by atoms with Crippen LogP contribution >= 0.6 is 0 Å². The summed E-state index contributed by atoms with van der Waals surface area (Å²) in [7, 11) is 0.913. The standard InChI is InChI=1S/C20H12F9N3O2/c1-34-17(9-2-3-32-15(6-9)20(27,28)29)12(8-31)16(33)10-4-13(18(21,22)23)11(7-30)14(5-10)19(24,25)26/h2-6,12,16-17,33H,1H3. The van der Waals surface area contributed by atoms with Crippen molar-refractivity contribution in [1.82, 2.24) is 4.98 Å². The number of hydrogen-bond donors (Lipinski definition) is 1. The number of aliphatic hydroxyl groups is 1. The topological polar surface area (TPSA) is 89.9 Å². The first kappa shape index (κ1) is 26.9. The molecule has 0 saturated heterocycles. The Bertz CT molecular complexity index is 1090. The molecule has 5 nitrogen and oxygen atoms in total. The van der Waals surface area contributed by atoms with Crippen LogP contribution in [0, 0.1) is 28.6 Å². The van der Waals surface area contributed by atoms with Gasteiger partial charge in [-0.1, -0.05) is 0 Å². The Hall–Kier alpha value is -3.36. The van der Waals surface area contributed by atoms with E-state index in [2.05, 4.69) is 4.98 Å². The number of nitrogens with zero attached hydrogens (tertiary/aromatic N) is 3. The molecule has 1 aromatic carbocycles. The van der Waals surface area contributed by atoms with Crippen molar-refractivity contribution in [2.24, 2.45) is 5.92 Å². The van der Waals surface area contributed by atoms with Crippen molar-refractivity contribution in [3.63, 3.8) is 0 Å². The summed E-state index contributed by atoms with van der Waals surface area (Å²) >= 11 is 0. The lowest BCUT2D eigenvalue weighted by molar-refractivity contribution is -0.144. The third-order valence-corrected chi connectivity index (χ3v) is 4.70. The van der Waals surface area contributed by atoms with Crippen LogP contribution in [0.5, 0.6) is 0 Å². The molecule has 0 saturated carbocycles. The second-order valence-electron chi connectivity index (χ2n) is 6.83. The molecule has 1 N–H and O–H groups in total. The molecule has 1 aromatic heterocycles. The van der Waals surface area contributed by atoms with Gasteiger partial charge in [-0.25, -0.2) is 0 Å². The Labute approximate surface area is 185 Å². The molecule has 3 atom stereocenters. The first-order valence-electron chi connectivity index (χ1n) is 8.92. The van der Waals surface area contributed by atoms with E-state index in [1.54, 1.807) is 0 Å². The van der Waals surface area contributed by atoms with Crippen molar-refractivity contribution >= 4 is 0 Å². The molecular formula is C20H12F9N3O2. The van der Waals surface area contributed by atoms with E-state index in [1.807, 2.05) is 0 Å². The fourth-order valence-electron chi connectivity index (χ4n) is 3.18. The van der Waals surface area contributed by atoms with Gasteiger partial charge in [0, 0.05) is 13.3 Å². The quantitative estimate of drug-likeness (QED) is 0.546. The summed E-state index contributed by atoms with van der Waals surface area (Å²) in [5.74, 6) is -1.96. The molecule has 0 radical (unpaired) electrons. The number of halogens is 9. The SMILES string of the molecule is COC(c1ccnc(C(F)(F)F)c1)C(C#N)C(O)c1cc(C(F)(F)F)c(C#N)c(C(F)(F)F)c1. The Balaban J connectivity index is 2.67. The van der Waals surface area contributed by atoms with Crippen molar-refractivity contribution in [3.05, 3.63) is 64.0 Å². The van der Waals surface area contributed by atoms with Gasteiger partial charge in [-0.3, -0.25) is 4.98 Å². The van der Waals surface area contributed by atoms with E-state index in [4.69, 9.17) is 10.00 Å². The minimum atomic E-state index is -5.43. The number of ether oxygens (including phenoxy) is 1. The normalized spacial score (nSPS) is 15.2. The highest BCUT2D eigenvalue weighted by Gasteiger charge is 2.43. The van der Waals surface area contributed by atoms with Crippen LogP contribution in [0.3, 0.4) is 0 Å². The zero-order valence-electron chi connectivity index (χ0n) is 16.7.